The summed E-state index contributed by atoms with van der Waals surface area (Å²) in [5.74, 6) is 0. The Labute approximate surface area is 178 Å². The van der Waals surface area contributed by atoms with Crippen molar-refractivity contribution >= 4 is 21.6 Å². The molecule has 0 saturated carbocycles. The normalized spacial score (nSPS) is 12.2. The molecule has 3 rings (SSSR count). The third kappa shape index (κ3) is 4.53. The molecule has 29 heavy (non-hydrogen) atoms. The zero-order valence-electron chi connectivity index (χ0n) is 17.0. The van der Waals surface area contributed by atoms with Gasteiger partial charge in [-0.1, -0.05) is 42.8 Å². The van der Waals surface area contributed by atoms with Crippen molar-refractivity contribution in [3.05, 3.63) is 82.6 Å². The summed E-state index contributed by atoms with van der Waals surface area (Å²) in [5.41, 5.74) is 3.88. The lowest BCUT2D eigenvalue weighted by atomic mass is 9.91. The molecule has 0 fully saturated rings. The highest BCUT2D eigenvalue weighted by molar-refractivity contribution is 7.89. The number of hydrogen-bond acceptors (Lipinski definition) is 3. The molecule has 6 heteroatoms. The van der Waals surface area contributed by atoms with Crippen molar-refractivity contribution in [3.63, 3.8) is 0 Å². The van der Waals surface area contributed by atoms with Gasteiger partial charge in [0.2, 0.25) is 10.0 Å². The lowest BCUT2D eigenvalue weighted by Crippen LogP contribution is -2.41. The van der Waals surface area contributed by atoms with Gasteiger partial charge in [-0.25, -0.2) is 13.1 Å². The molecule has 3 aromatic rings. The molecule has 0 aliphatic heterocycles. The number of benzene rings is 2. The second kappa shape index (κ2) is 8.27. The van der Waals surface area contributed by atoms with Gasteiger partial charge in [0.15, 0.2) is 0 Å². The Kier molecular flexibility index (Phi) is 6.13. The number of pyridine rings is 1. The summed E-state index contributed by atoms with van der Waals surface area (Å²) in [4.78, 5) is 4.40. The summed E-state index contributed by atoms with van der Waals surface area (Å²) >= 11 is 6.13. The monoisotopic (exact) mass is 428 g/mol. The van der Waals surface area contributed by atoms with Crippen molar-refractivity contribution in [1.82, 2.24) is 9.71 Å². The number of rotatable bonds is 6. The SMILES string of the molecule is CCc1cnccc1-c1cccc(C(C)(C)NS(=O)(=O)c2cccc(Cl)c2C)c1. The van der Waals surface area contributed by atoms with Crippen LogP contribution < -0.4 is 4.72 Å². The minimum absolute atomic E-state index is 0.191. The third-order valence-corrected chi connectivity index (χ3v) is 7.29. The van der Waals surface area contributed by atoms with Gasteiger partial charge in [-0.2, -0.15) is 0 Å². The van der Waals surface area contributed by atoms with Gasteiger partial charge in [0, 0.05) is 17.4 Å². The topological polar surface area (TPSA) is 59.1 Å². The van der Waals surface area contributed by atoms with Gasteiger partial charge in [0.1, 0.15) is 0 Å². The van der Waals surface area contributed by atoms with Crippen LogP contribution in [-0.2, 0) is 22.0 Å². The van der Waals surface area contributed by atoms with Crippen LogP contribution in [0.3, 0.4) is 0 Å². The molecule has 2 aromatic carbocycles. The van der Waals surface area contributed by atoms with E-state index >= 15 is 0 Å². The molecule has 152 valence electrons. The van der Waals surface area contributed by atoms with E-state index in [4.69, 9.17) is 11.6 Å². The van der Waals surface area contributed by atoms with Crippen molar-refractivity contribution in [1.29, 1.82) is 0 Å². The van der Waals surface area contributed by atoms with E-state index in [1.807, 2.05) is 50.4 Å². The average molecular weight is 429 g/mol. The first-order valence-corrected chi connectivity index (χ1v) is 11.3. The van der Waals surface area contributed by atoms with Gasteiger partial charge in [-0.3, -0.25) is 4.98 Å². The molecular weight excluding hydrogens is 404 g/mol. The standard InChI is InChI=1S/C23H25ClN2O2S/c1-5-17-15-25-13-12-20(17)18-8-6-9-19(14-18)23(3,4)26-29(27,28)22-11-7-10-21(24)16(22)2/h6-15,26H,5H2,1-4H3. The average Bonchev–Trinajstić information content (AvgIpc) is 2.69. The fraction of sp³-hybridized carbons (Fsp3) is 0.261. The van der Waals surface area contributed by atoms with E-state index in [1.54, 1.807) is 31.3 Å². The minimum Gasteiger partial charge on any atom is -0.264 e. The predicted molar refractivity (Wildman–Crippen MR) is 119 cm³/mol. The zero-order chi connectivity index (χ0) is 21.2. The smallest absolute Gasteiger partial charge is 0.241 e. The lowest BCUT2D eigenvalue weighted by molar-refractivity contribution is 0.472. The Morgan fingerprint density at radius 1 is 1.10 bits per heavy atom. The summed E-state index contributed by atoms with van der Waals surface area (Å²) in [6.45, 7) is 7.52. The van der Waals surface area contributed by atoms with Crippen molar-refractivity contribution < 1.29 is 8.42 Å². The van der Waals surface area contributed by atoms with Crippen molar-refractivity contribution in [2.45, 2.75) is 44.6 Å². The van der Waals surface area contributed by atoms with Crippen LogP contribution in [0.5, 0.6) is 0 Å². The van der Waals surface area contributed by atoms with E-state index in [1.165, 1.54) is 0 Å². The predicted octanol–water partition coefficient (Wildman–Crippen LogP) is 5.49. The second-order valence-electron chi connectivity index (χ2n) is 7.56. The van der Waals surface area contributed by atoms with Crippen LogP contribution in [0.2, 0.25) is 5.02 Å². The summed E-state index contributed by atoms with van der Waals surface area (Å²) in [5, 5.41) is 0.428. The van der Waals surface area contributed by atoms with Gasteiger partial charge in [0.25, 0.3) is 0 Å². The Morgan fingerprint density at radius 3 is 2.55 bits per heavy atom. The molecule has 0 aliphatic rings. The Balaban J connectivity index is 1.99. The molecule has 1 N–H and O–H groups in total. The summed E-state index contributed by atoms with van der Waals surface area (Å²) in [6, 6.07) is 14.8. The van der Waals surface area contributed by atoms with Gasteiger partial charge >= 0.3 is 0 Å². The van der Waals surface area contributed by atoms with E-state index in [-0.39, 0.29) is 4.90 Å². The number of halogens is 1. The number of nitrogens with one attached hydrogen (secondary N) is 1. The molecule has 0 aliphatic carbocycles. The van der Waals surface area contributed by atoms with Crippen molar-refractivity contribution in [2.75, 3.05) is 0 Å². The van der Waals surface area contributed by atoms with Crippen LogP contribution in [0, 0.1) is 6.92 Å². The van der Waals surface area contributed by atoms with Gasteiger partial charge in [0.05, 0.1) is 10.4 Å². The molecule has 0 radical (unpaired) electrons. The first kappa shape index (κ1) is 21.5. The first-order chi connectivity index (χ1) is 13.7. The Morgan fingerprint density at radius 2 is 1.83 bits per heavy atom. The third-order valence-electron chi connectivity index (χ3n) is 5.08. The van der Waals surface area contributed by atoms with Crippen LogP contribution in [-0.4, -0.2) is 13.4 Å². The maximum Gasteiger partial charge on any atom is 0.241 e. The van der Waals surface area contributed by atoms with Crippen LogP contribution in [0.1, 0.15) is 37.5 Å². The van der Waals surface area contributed by atoms with E-state index in [2.05, 4.69) is 16.6 Å². The zero-order valence-corrected chi connectivity index (χ0v) is 18.6. The molecular formula is C23H25ClN2O2S. The van der Waals surface area contributed by atoms with Crippen molar-refractivity contribution in [2.24, 2.45) is 0 Å². The van der Waals surface area contributed by atoms with Gasteiger partial charge < -0.3 is 0 Å². The quantitative estimate of drug-likeness (QED) is 0.565. The number of hydrogen-bond donors (Lipinski definition) is 1. The minimum atomic E-state index is -3.75. The van der Waals surface area contributed by atoms with E-state index in [0.29, 0.717) is 10.6 Å². The molecule has 0 bridgehead atoms. The van der Waals surface area contributed by atoms with Crippen LogP contribution >= 0.6 is 11.6 Å². The number of sulfonamides is 1. The molecule has 0 saturated heterocycles. The Hall–Kier alpha value is -2.21. The van der Waals surface area contributed by atoms with Gasteiger partial charge in [-0.15, -0.1) is 0 Å². The van der Waals surface area contributed by atoms with Gasteiger partial charge in [-0.05, 0) is 79.3 Å². The van der Waals surface area contributed by atoms with E-state index in [0.717, 1.165) is 28.7 Å². The Bertz CT molecular complexity index is 1140. The summed E-state index contributed by atoms with van der Waals surface area (Å²) < 4.78 is 29.0. The molecule has 4 nitrogen and oxygen atoms in total. The number of aryl methyl sites for hydroxylation is 1. The second-order valence-corrected chi connectivity index (χ2v) is 9.62. The van der Waals surface area contributed by atoms with E-state index in [9.17, 15) is 8.42 Å². The molecule has 0 atom stereocenters. The molecule has 0 unspecified atom stereocenters. The molecule has 1 aromatic heterocycles. The van der Waals surface area contributed by atoms with Crippen molar-refractivity contribution in [3.8, 4) is 11.1 Å². The van der Waals surface area contributed by atoms with E-state index < -0.39 is 15.6 Å². The largest absolute Gasteiger partial charge is 0.264 e. The number of aromatic nitrogens is 1. The summed E-state index contributed by atoms with van der Waals surface area (Å²) in [6.07, 6.45) is 4.52. The fourth-order valence-corrected chi connectivity index (χ4v) is 5.30. The highest BCUT2D eigenvalue weighted by Crippen LogP contribution is 2.30. The highest BCUT2D eigenvalue weighted by atomic mass is 35.5. The molecule has 1 heterocycles. The molecule has 0 amide bonds. The van der Waals surface area contributed by atoms with Crippen LogP contribution in [0.25, 0.3) is 11.1 Å². The fourth-order valence-electron chi connectivity index (χ4n) is 3.39. The summed E-state index contributed by atoms with van der Waals surface area (Å²) in [7, 11) is -3.75. The number of nitrogens with zero attached hydrogens (tertiary/aromatic N) is 1. The highest BCUT2D eigenvalue weighted by Gasteiger charge is 2.29. The first-order valence-electron chi connectivity index (χ1n) is 9.48. The molecule has 0 spiro atoms. The van der Waals surface area contributed by atoms with Crippen LogP contribution in [0.4, 0.5) is 0 Å². The maximum absolute atomic E-state index is 13.1. The lowest BCUT2D eigenvalue weighted by Gasteiger charge is -2.28. The maximum atomic E-state index is 13.1. The van der Waals surface area contributed by atoms with Crippen LogP contribution in [0.15, 0.2) is 65.8 Å².